The van der Waals surface area contributed by atoms with E-state index >= 15 is 0 Å². The van der Waals surface area contributed by atoms with Gasteiger partial charge in [0.1, 0.15) is 6.61 Å². The summed E-state index contributed by atoms with van der Waals surface area (Å²) in [7, 11) is 0. The molecule has 2 rings (SSSR count). The van der Waals surface area contributed by atoms with E-state index in [0.29, 0.717) is 12.5 Å². The quantitative estimate of drug-likeness (QED) is 0.828. The number of hydrogen-bond acceptors (Lipinski definition) is 3. The molecule has 1 aliphatic carbocycles. The minimum absolute atomic E-state index is 0.141. The topological polar surface area (TPSA) is 55.6 Å². The number of carbonyl (C=O) groups is 1. The molecule has 1 saturated carbocycles. The number of amides is 1. The lowest BCUT2D eigenvalue weighted by Crippen LogP contribution is -2.44. The molecular weight excluding hydrogens is 228 g/mol. The molecule has 0 bridgehead atoms. The van der Waals surface area contributed by atoms with Gasteiger partial charge in [-0.25, -0.2) is 0 Å². The number of ether oxygens (including phenoxy) is 1. The molecule has 104 valence electrons. The average molecular weight is 254 g/mol. The molecule has 18 heavy (non-hydrogen) atoms. The molecular formula is C14H26N2O2. The van der Waals surface area contributed by atoms with Gasteiger partial charge in [0, 0.05) is 19.6 Å². The summed E-state index contributed by atoms with van der Waals surface area (Å²) in [5.74, 6) is 0.806. The van der Waals surface area contributed by atoms with Crippen molar-refractivity contribution < 1.29 is 9.53 Å². The first-order chi connectivity index (χ1) is 8.65. The monoisotopic (exact) mass is 254 g/mol. The summed E-state index contributed by atoms with van der Waals surface area (Å²) in [5, 5.41) is 0. The highest BCUT2D eigenvalue weighted by atomic mass is 16.5. The van der Waals surface area contributed by atoms with E-state index in [1.807, 2.05) is 4.90 Å². The number of nitrogens with zero attached hydrogens (tertiary/aromatic N) is 1. The molecule has 0 aromatic rings. The number of nitrogens with two attached hydrogens (primary N) is 1. The van der Waals surface area contributed by atoms with E-state index in [0.717, 1.165) is 45.2 Å². The summed E-state index contributed by atoms with van der Waals surface area (Å²) in [6.07, 6.45) is 6.66. The van der Waals surface area contributed by atoms with Gasteiger partial charge in [-0.3, -0.25) is 4.79 Å². The van der Waals surface area contributed by atoms with Crippen LogP contribution in [0.1, 0.15) is 45.4 Å². The Morgan fingerprint density at radius 1 is 1.39 bits per heavy atom. The highest BCUT2D eigenvalue weighted by Gasteiger charge is 2.38. The minimum Gasteiger partial charge on any atom is -0.364 e. The van der Waals surface area contributed by atoms with Gasteiger partial charge in [0.2, 0.25) is 5.91 Å². The summed E-state index contributed by atoms with van der Waals surface area (Å²) in [5.41, 5.74) is 5.61. The van der Waals surface area contributed by atoms with Crippen molar-refractivity contribution in [2.24, 2.45) is 11.7 Å². The Morgan fingerprint density at radius 2 is 2.11 bits per heavy atom. The number of likely N-dealkylation sites (tertiary alicyclic amines) is 1. The maximum atomic E-state index is 12.1. The van der Waals surface area contributed by atoms with E-state index in [2.05, 4.69) is 6.92 Å². The highest BCUT2D eigenvalue weighted by molar-refractivity contribution is 5.77. The molecule has 2 atom stereocenters. The van der Waals surface area contributed by atoms with Crippen molar-refractivity contribution in [1.82, 2.24) is 4.90 Å². The second kappa shape index (κ2) is 6.02. The SMILES string of the molecule is CC1CCC(CN)(OCC(=O)N2CCCCC2)C1. The molecule has 4 heteroatoms. The van der Waals surface area contributed by atoms with Gasteiger partial charge in [-0.2, -0.15) is 0 Å². The third kappa shape index (κ3) is 3.23. The zero-order valence-corrected chi connectivity index (χ0v) is 11.5. The number of carbonyl (C=O) groups excluding carboxylic acids is 1. The fourth-order valence-electron chi connectivity index (χ4n) is 3.17. The Kier molecular flexibility index (Phi) is 4.62. The van der Waals surface area contributed by atoms with Crippen molar-refractivity contribution in [3.8, 4) is 0 Å². The minimum atomic E-state index is -0.231. The summed E-state index contributed by atoms with van der Waals surface area (Å²) in [6.45, 7) is 4.77. The van der Waals surface area contributed by atoms with Gasteiger partial charge in [0.25, 0.3) is 0 Å². The Bertz CT molecular complexity index is 290. The van der Waals surface area contributed by atoms with E-state index in [1.54, 1.807) is 0 Å². The summed E-state index contributed by atoms with van der Waals surface area (Å²) < 4.78 is 5.91. The van der Waals surface area contributed by atoms with Crippen LogP contribution in [0.3, 0.4) is 0 Å². The van der Waals surface area contributed by atoms with Crippen molar-refractivity contribution in [1.29, 1.82) is 0 Å². The van der Waals surface area contributed by atoms with E-state index in [9.17, 15) is 4.79 Å². The molecule has 0 aromatic carbocycles. The van der Waals surface area contributed by atoms with E-state index in [1.165, 1.54) is 6.42 Å². The Labute approximate surface area is 110 Å². The van der Waals surface area contributed by atoms with Crippen LogP contribution in [0, 0.1) is 5.92 Å². The smallest absolute Gasteiger partial charge is 0.248 e. The molecule has 4 nitrogen and oxygen atoms in total. The van der Waals surface area contributed by atoms with Crippen LogP contribution in [0.2, 0.25) is 0 Å². The summed E-state index contributed by atoms with van der Waals surface area (Å²) in [4.78, 5) is 14.0. The second-order valence-electron chi connectivity index (χ2n) is 5.97. The fraction of sp³-hybridized carbons (Fsp3) is 0.929. The van der Waals surface area contributed by atoms with Crippen molar-refractivity contribution >= 4 is 5.91 Å². The standard InChI is InChI=1S/C14H26N2O2/c1-12-5-6-14(9-12,11-15)18-10-13(17)16-7-3-2-4-8-16/h12H,2-11,15H2,1H3. The molecule has 2 unspecified atom stereocenters. The third-order valence-corrected chi connectivity index (χ3v) is 4.40. The first kappa shape index (κ1) is 13.8. The average Bonchev–Trinajstić information content (AvgIpc) is 2.79. The van der Waals surface area contributed by atoms with Gasteiger partial charge in [-0.05, 0) is 44.4 Å². The van der Waals surface area contributed by atoms with Crippen LogP contribution in [-0.2, 0) is 9.53 Å². The summed E-state index contributed by atoms with van der Waals surface area (Å²) >= 11 is 0. The van der Waals surface area contributed by atoms with Crippen molar-refractivity contribution in [2.45, 2.75) is 51.0 Å². The lowest BCUT2D eigenvalue weighted by molar-refractivity contribution is -0.143. The highest BCUT2D eigenvalue weighted by Crippen LogP contribution is 2.36. The van der Waals surface area contributed by atoms with Crippen molar-refractivity contribution in [3.05, 3.63) is 0 Å². The molecule has 1 heterocycles. The molecule has 0 spiro atoms. The van der Waals surface area contributed by atoms with Crippen molar-refractivity contribution in [2.75, 3.05) is 26.2 Å². The Balaban J connectivity index is 1.80. The van der Waals surface area contributed by atoms with Crippen LogP contribution in [0.5, 0.6) is 0 Å². The predicted octanol–water partition coefficient (Wildman–Crippen LogP) is 1.53. The molecule has 2 N–H and O–H groups in total. The van der Waals surface area contributed by atoms with E-state index < -0.39 is 0 Å². The molecule has 0 radical (unpaired) electrons. The number of hydrogen-bond donors (Lipinski definition) is 1. The van der Waals surface area contributed by atoms with E-state index in [4.69, 9.17) is 10.5 Å². The second-order valence-corrected chi connectivity index (χ2v) is 5.97. The molecule has 1 aliphatic heterocycles. The lowest BCUT2D eigenvalue weighted by Gasteiger charge is -2.31. The van der Waals surface area contributed by atoms with Crippen LogP contribution in [0.15, 0.2) is 0 Å². The Morgan fingerprint density at radius 3 is 2.67 bits per heavy atom. The zero-order chi connectivity index (χ0) is 13.0. The third-order valence-electron chi connectivity index (χ3n) is 4.40. The summed E-state index contributed by atoms with van der Waals surface area (Å²) in [6, 6.07) is 0. The molecule has 0 aromatic heterocycles. The van der Waals surface area contributed by atoms with E-state index in [-0.39, 0.29) is 18.1 Å². The van der Waals surface area contributed by atoms with Crippen LogP contribution in [0.25, 0.3) is 0 Å². The molecule has 1 saturated heterocycles. The molecule has 2 fully saturated rings. The largest absolute Gasteiger partial charge is 0.364 e. The fourth-order valence-corrected chi connectivity index (χ4v) is 3.17. The lowest BCUT2D eigenvalue weighted by atomic mass is 10.0. The first-order valence-corrected chi connectivity index (χ1v) is 7.27. The maximum absolute atomic E-state index is 12.1. The van der Waals surface area contributed by atoms with Gasteiger partial charge in [0.05, 0.1) is 5.60 Å². The molecule has 1 amide bonds. The Hall–Kier alpha value is -0.610. The van der Waals surface area contributed by atoms with Gasteiger partial charge in [0.15, 0.2) is 0 Å². The number of piperidine rings is 1. The first-order valence-electron chi connectivity index (χ1n) is 7.27. The zero-order valence-electron chi connectivity index (χ0n) is 11.5. The van der Waals surface area contributed by atoms with Crippen LogP contribution in [-0.4, -0.2) is 42.6 Å². The molecule has 2 aliphatic rings. The van der Waals surface area contributed by atoms with Crippen molar-refractivity contribution in [3.63, 3.8) is 0 Å². The van der Waals surface area contributed by atoms with Crippen LogP contribution in [0.4, 0.5) is 0 Å². The van der Waals surface area contributed by atoms with Crippen LogP contribution >= 0.6 is 0 Å². The normalized spacial score (nSPS) is 32.8. The maximum Gasteiger partial charge on any atom is 0.248 e. The van der Waals surface area contributed by atoms with Gasteiger partial charge in [-0.1, -0.05) is 6.92 Å². The van der Waals surface area contributed by atoms with Gasteiger partial charge in [-0.15, -0.1) is 0 Å². The van der Waals surface area contributed by atoms with Gasteiger partial charge < -0.3 is 15.4 Å². The van der Waals surface area contributed by atoms with Gasteiger partial charge >= 0.3 is 0 Å². The number of rotatable bonds is 4. The predicted molar refractivity (Wildman–Crippen MR) is 71.2 cm³/mol. The van der Waals surface area contributed by atoms with Crippen LogP contribution < -0.4 is 5.73 Å².